The monoisotopic (exact) mass is 341 g/mol. The Hall–Kier alpha value is -0.440. The van der Waals surface area contributed by atoms with E-state index < -0.39 is 74.6 Å². The fraction of sp³-hybridized carbons (Fsp3) is 1.00. The summed E-state index contributed by atoms with van der Waals surface area (Å²) in [6, 6.07) is -1.22. The predicted octanol–water partition coefficient (Wildman–Crippen LogP) is -5.43. The fourth-order valence-electron chi connectivity index (χ4n) is 2.54. The van der Waals surface area contributed by atoms with E-state index in [0.29, 0.717) is 0 Å². The topological polar surface area (TPSA) is 195 Å². The number of ether oxygens (including phenoxy) is 3. The van der Waals surface area contributed by atoms with E-state index in [2.05, 4.69) is 0 Å². The van der Waals surface area contributed by atoms with Crippen molar-refractivity contribution in [2.45, 2.75) is 61.3 Å². The molecule has 11 nitrogen and oxygen atoms in total. The van der Waals surface area contributed by atoms with E-state index in [1.165, 1.54) is 0 Å². The summed E-state index contributed by atoms with van der Waals surface area (Å²) in [5.41, 5.74) is 5.68. The maximum Gasteiger partial charge on any atom is 0.189 e. The van der Waals surface area contributed by atoms with Gasteiger partial charge in [-0.2, -0.15) is 0 Å². The molecule has 0 aromatic heterocycles. The quantitative estimate of drug-likeness (QED) is 0.243. The highest BCUT2D eigenvalue weighted by molar-refractivity contribution is 4.93. The van der Waals surface area contributed by atoms with Crippen molar-refractivity contribution in [3.05, 3.63) is 0 Å². The van der Waals surface area contributed by atoms with Gasteiger partial charge in [-0.05, 0) is 0 Å². The van der Waals surface area contributed by atoms with Crippen LogP contribution in [0.25, 0.3) is 0 Å². The normalized spacial score (nSPS) is 51.7. The van der Waals surface area contributed by atoms with Gasteiger partial charge in [-0.1, -0.05) is 0 Å². The molecule has 0 aromatic rings. The Morgan fingerprint density at radius 3 is 1.70 bits per heavy atom. The lowest BCUT2D eigenvalue weighted by molar-refractivity contribution is -0.361. The Morgan fingerprint density at radius 1 is 0.696 bits per heavy atom. The Labute approximate surface area is 131 Å². The fourth-order valence-corrected chi connectivity index (χ4v) is 2.54. The number of hydrogen-bond acceptors (Lipinski definition) is 11. The van der Waals surface area contributed by atoms with Gasteiger partial charge in [-0.25, -0.2) is 0 Å². The van der Waals surface area contributed by atoms with Crippen LogP contribution in [0.5, 0.6) is 0 Å². The Bertz CT molecular complexity index is 349. The molecule has 0 radical (unpaired) electrons. The summed E-state index contributed by atoms with van der Waals surface area (Å²) < 4.78 is 15.6. The lowest BCUT2D eigenvalue weighted by Gasteiger charge is -2.45. The van der Waals surface area contributed by atoms with Crippen molar-refractivity contribution < 1.29 is 50.0 Å². The van der Waals surface area contributed by atoms with Crippen LogP contribution in [-0.2, 0) is 14.2 Å². The Balaban J connectivity index is 2.07. The van der Waals surface area contributed by atoms with Gasteiger partial charge in [0.05, 0.1) is 19.3 Å². The first kappa shape index (κ1) is 18.9. The number of nitrogens with two attached hydrogens (primary N) is 1. The molecule has 9 N–H and O–H groups in total. The summed E-state index contributed by atoms with van der Waals surface area (Å²) in [4.78, 5) is 0. The minimum absolute atomic E-state index is 0.612. The summed E-state index contributed by atoms with van der Waals surface area (Å²) in [5.74, 6) is 0. The van der Waals surface area contributed by atoms with E-state index in [9.17, 15) is 25.5 Å². The molecule has 10 atom stereocenters. The van der Waals surface area contributed by atoms with Gasteiger partial charge in [0.2, 0.25) is 0 Å². The highest BCUT2D eigenvalue weighted by atomic mass is 16.8. The Kier molecular flexibility index (Phi) is 6.27. The third kappa shape index (κ3) is 3.65. The predicted molar refractivity (Wildman–Crippen MR) is 70.6 cm³/mol. The molecule has 0 spiro atoms. The molecular weight excluding hydrogens is 318 g/mol. The smallest absolute Gasteiger partial charge is 0.189 e. The molecule has 2 fully saturated rings. The van der Waals surface area contributed by atoms with Crippen LogP contribution in [0.4, 0.5) is 0 Å². The largest absolute Gasteiger partial charge is 0.394 e. The molecule has 2 rings (SSSR count). The zero-order chi connectivity index (χ0) is 17.3. The van der Waals surface area contributed by atoms with Gasteiger partial charge in [0.25, 0.3) is 0 Å². The lowest BCUT2D eigenvalue weighted by atomic mass is 9.97. The second kappa shape index (κ2) is 7.63. The van der Waals surface area contributed by atoms with Crippen LogP contribution in [0, 0.1) is 0 Å². The first-order valence-corrected chi connectivity index (χ1v) is 7.15. The minimum Gasteiger partial charge on any atom is -0.394 e. The minimum atomic E-state index is -1.67. The SMILES string of the molecule is N[C@@H]1[C@H](O[C@H]2O[C@H](CO)[C@@H](O)[C@H](O)[C@H]2O)O[C@H](CO)[C@@H](O)[C@@H]1O. The molecule has 2 heterocycles. The van der Waals surface area contributed by atoms with Gasteiger partial charge < -0.3 is 55.7 Å². The maximum absolute atomic E-state index is 9.88. The zero-order valence-electron chi connectivity index (χ0n) is 12.1. The first-order valence-electron chi connectivity index (χ1n) is 7.15. The van der Waals surface area contributed by atoms with E-state index in [0.717, 1.165) is 0 Å². The molecule has 0 bridgehead atoms. The van der Waals surface area contributed by atoms with Gasteiger partial charge in [0.1, 0.15) is 42.7 Å². The van der Waals surface area contributed by atoms with Gasteiger partial charge in [0.15, 0.2) is 12.6 Å². The van der Waals surface area contributed by atoms with Crippen molar-refractivity contribution in [3.8, 4) is 0 Å². The maximum atomic E-state index is 9.88. The van der Waals surface area contributed by atoms with Crippen LogP contribution in [0.1, 0.15) is 0 Å². The van der Waals surface area contributed by atoms with Crippen LogP contribution >= 0.6 is 0 Å². The van der Waals surface area contributed by atoms with E-state index in [1.54, 1.807) is 0 Å². The zero-order valence-corrected chi connectivity index (χ0v) is 12.1. The molecule has 2 aliphatic heterocycles. The molecule has 2 aliphatic rings. The highest BCUT2D eigenvalue weighted by Crippen LogP contribution is 2.27. The molecule has 0 saturated carbocycles. The first-order chi connectivity index (χ1) is 10.8. The van der Waals surface area contributed by atoms with E-state index in [4.69, 9.17) is 30.2 Å². The van der Waals surface area contributed by atoms with Crippen LogP contribution in [0.3, 0.4) is 0 Å². The van der Waals surface area contributed by atoms with E-state index >= 15 is 0 Å². The van der Waals surface area contributed by atoms with Crippen LogP contribution in [0.15, 0.2) is 0 Å². The third-order valence-electron chi connectivity index (χ3n) is 4.05. The molecule has 2 saturated heterocycles. The molecule has 0 unspecified atom stereocenters. The molecular formula is C12H23NO10. The number of aliphatic hydroxyl groups is 7. The van der Waals surface area contributed by atoms with Gasteiger partial charge >= 0.3 is 0 Å². The van der Waals surface area contributed by atoms with Gasteiger partial charge in [-0.15, -0.1) is 0 Å². The van der Waals surface area contributed by atoms with E-state index in [1.807, 2.05) is 0 Å². The van der Waals surface area contributed by atoms with Crippen molar-refractivity contribution >= 4 is 0 Å². The van der Waals surface area contributed by atoms with Crippen molar-refractivity contribution in [3.63, 3.8) is 0 Å². The molecule has 136 valence electrons. The second-order valence-corrected chi connectivity index (χ2v) is 5.62. The van der Waals surface area contributed by atoms with Crippen molar-refractivity contribution in [1.29, 1.82) is 0 Å². The van der Waals surface area contributed by atoms with Gasteiger partial charge in [0, 0.05) is 0 Å². The van der Waals surface area contributed by atoms with Crippen molar-refractivity contribution in [1.82, 2.24) is 0 Å². The van der Waals surface area contributed by atoms with Crippen LogP contribution < -0.4 is 5.73 Å². The molecule has 11 heteroatoms. The molecule has 0 amide bonds. The van der Waals surface area contributed by atoms with Gasteiger partial charge in [-0.3, -0.25) is 0 Å². The van der Waals surface area contributed by atoms with Crippen LogP contribution in [0.2, 0.25) is 0 Å². The average molecular weight is 341 g/mol. The molecule has 23 heavy (non-hydrogen) atoms. The second-order valence-electron chi connectivity index (χ2n) is 5.62. The lowest BCUT2D eigenvalue weighted by Crippen LogP contribution is -2.65. The average Bonchev–Trinajstić information content (AvgIpc) is 2.55. The van der Waals surface area contributed by atoms with Crippen molar-refractivity contribution in [2.24, 2.45) is 5.73 Å². The van der Waals surface area contributed by atoms with Crippen LogP contribution in [-0.4, -0.2) is 110 Å². The summed E-state index contributed by atoms with van der Waals surface area (Å²) >= 11 is 0. The standard InChI is InChI=1S/C12H23NO10/c13-5-8(18)6(16)3(1-14)21-11(5)23-12-10(20)9(19)7(17)4(2-15)22-12/h3-12,14-20H,1-2,13H2/t3-,4-,5+,6-,7-,8-,9+,10-,11+,12-/m1/s1. The summed E-state index contributed by atoms with van der Waals surface area (Å²) in [6.07, 6.45) is -13.0. The third-order valence-corrected chi connectivity index (χ3v) is 4.05. The Morgan fingerprint density at radius 2 is 1.17 bits per heavy atom. The summed E-state index contributed by atoms with van der Waals surface area (Å²) in [6.45, 7) is -1.25. The number of rotatable bonds is 4. The summed E-state index contributed by atoms with van der Waals surface area (Å²) in [7, 11) is 0. The molecule has 0 aliphatic carbocycles. The number of hydrogen-bond donors (Lipinski definition) is 8. The van der Waals surface area contributed by atoms with E-state index in [-0.39, 0.29) is 0 Å². The van der Waals surface area contributed by atoms with Crippen molar-refractivity contribution in [2.75, 3.05) is 13.2 Å². The summed E-state index contributed by atoms with van der Waals surface area (Å²) in [5, 5.41) is 67.0. The number of aliphatic hydroxyl groups excluding tert-OH is 7. The molecule has 0 aromatic carbocycles. The highest BCUT2D eigenvalue weighted by Gasteiger charge is 2.48.